The van der Waals surface area contributed by atoms with Crippen LogP contribution in [0.25, 0.3) is 0 Å². The second-order valence-electron chi connectivity index (χ2n) is 5.09. The van der Waals surface area contributed by atoms with Gasteiger partial charge in [0.15, 0.2) is 0 Å². The monoisotopic (exact) mass is 300 g/mol. The Balaban J connectivity index is 1.88. The predicted octanol–water partition coefficient (Wildman–Crippen LogP) is 3.67. The van der Waals surface area contributed by atoms with Gasteiger partial charge < -0.3 is 5.32 Å². The van der Waals surface area contributed by atoms with E-state index in [-0.39, 0.29) is 11.9 Å². The highest BCUT2D eigenvalue weighted by atomic mass is 32.2. The van der Waals surface area contributed by atoms with Crippen LogP contribution in [-0.4, -0.2) is 16.6 Å². The Labute approximate surface area is 130 Å². The van der Waals surface area contributed by atoms with Gasteiger partial charge in [0, 0.05) is 6.20 Å². The fourth-order valence-corrected chi connectivity index (χ4v) is 2.64. The number of carbonyl (C=O) groups is 1. The minimum Gasteiger partial charge on any atom is -0.349 e. The van der Waals surface area contributed by atoms with E-state index in [1.165, 1.54) is 22.9 Å². The Kier molecular flexibility index (Phi) is 5.39. The molecule has 21 heavy (non-hydrogen) atoms. The molecule has 1 heterocycles. The molecular weight excluding hydrogens is 280 g/mol. The van der Waals surface area contributed by atoms with Gasteiger partial charge in [-0.3, -0.25) is 4.79 Å². The maximum absolute atomic E-state index is 12.0. The van der Waals surface area contributed by atoms with E-state index in [1.54, 1.807) is 6.20 Å². The Morgan fingerprint density at radius 1 is 1.24 bits per heavy atom. The van der Waals surface area contributed by atoms with Crippen LogP contribution >= 0.6 is 11.8 Å². The molecule has 1 aromatic carbocycles. The summed E-state index contributed by atoms with van der Waals surface area (Å²) in [6, 6.07) is 12.0. The number of thioether (sulfide) groups is 1. The Morgan fingerprint density at radius 3 is 2.71 bits per heavy atom. The molecular formula is C17H20N2OS. The average molecular weight is 300 g/mol. The first-order valence-electron chi connectivity index (χ1n) is 6.96. The predicted molar refractivity (Wildman–Crippen MR) is 87.4 cm³/mol. The van der Waals surface area contributed by atoms with Gasteiger partial charge in [-0.15, -0.1) is 0 Å². The molecule has 1 unspecified atom stereocenters. The van der Waals surface area contributed by atoms with Crippen molar-refractivity contribution in [1.82, 2.24) is 10.3 Å². The van der Waals surface area contributed by atoms with Gasteiger partial charge in [0.05, 0.1) is 16.8 Å². The van der Waals surface area contributed by atoms with E-state index in [2.05, 4.69) is 42.3 Å². The zero-order valence-corrected chi connectivity index (χ0v) is 13.4. The fraction of sp³-hybridized carbons (Fsp3) is 0.294. The maximum Gasteiger partial charge on any atom is 0.230 e. The Hall–Kier alpha value is -1.81. The first-order chi connectivity index (χ1) is 10.1. The topological polar surface area (TPSA) is 42.0 Å². The van der Waals surface area contributed by atoms with Crippen molar-refractivity contribution < 1.29 is 4.79 Å². The summed E-state index contributed by atoms with van der Waals surface area (Å²) in [5, 5.41) is 3.89. The van der Waals surface area contributed by atoms with E-state index in [9.17, 15) is 4.79 Å². The van der Waals surface area contributed by atoms with Crippen molar-refractivity contribution in [2.24, 2.45) is 0 Å². The van der Waals surface area contributed by atoms with E-state index in [4.69, 9.17) is 0 Å². The highest BCUT2D eigenvalue weighted by molar-refractivity contribution is 7.99. The minimum atomic E-state index is 0.0149. The number of rotatable bonds is 5. The number of benzene rings is 1. The molecule has 4 heteroatoms. The highest BCUT2D eigenvalue weighted by Crippen LogP contribution is 2.18. The van der Waals surface area contributed by atoms with Crippen LogP contribution in [0.5, 0.6) is 0 Å². The molecule has 0 aliphatic heterocycles. The lowest BCUT2D eigenvalue weighted by Crippen LogP contribution is -2.28. The summed E-state index contributed by atoms with van der Waals surface area (Å²) in [7, 11) is 0. The summed E-state index contributed by atoms with van der Waals surface area (Å²) in [4.78, 5) is 16.2. The molecule has 0 saturated heterocycles. The highest BCUT2D eigenvalue weighted by Gasteiger charge is 2.10. The third kappa shape index (κ3) is 4.60. The summed E-state index contributed by atoms with van der Waals surface area (Å²) in [6.07, 6.45) is 1.73. The van der Waals surface area contributed by atoms with Gasteiger partial charge in [-0.25, -0.2) is 4.98 Å². The molecule has 0 aliphatic rings. The lowest BCUT2D eigenvalue weighted by Gasteiger charge is -2.15. The largest absolute Gasteiger partial charge is 0.349 e. The fourth-order valence-electron chi connectivity index (χ4n) is 1.97. The van der Waals surface area contributed by atoms with Crippen LogP contribution in [0, 0.1) is 13.8 Å². The number of nitrogens with one attached hydrogen (secondary N) is 1. The van der Waals surface area contributed by atoms with Crippen LogP contribution in [0.15, 0.2) is 47.6 Å². The third-order valence-electron chi connectivity index (χ3n) is 3.40. The van der Waals surface area contributed by atoms with Crippen molar-refractivity contribution in [3.63, 3.8) is 0 Å². The molecule has 3 nitrogen and oxygen atoms in total. The van der Waals surface area contributed by atoms with Gasteiger partial charge in [-0.1, -0.05) is 36.0 Å². The number of amides is 1. The van der Waals surface area contributed by atoms with Crippen LogP contribution in [0.4, 0.5) is 0 Å². The van der Waals surface area contributed by atoms with E-state index >= 15 is 0 Å². The summed E-state index contributed by atoms with van der Waals surface area (Å²) in [6.45, 7) is 6.18. The molecule has 110 valence electrons. The van der Waals surface area contributed by atoms with Crippen LogP contribution in [-0.2, 0) is 4.79 Å². The average Bonchev–Trinajstić information content (AvgIpc) is 2.49. The summed E-state index contributed by atoms with van der Waals surface area (Å²) >= 11 is 1.45. The number of nitrogens with zero attached hydrogens (tertiary/aromatic N) is 1. The lowest BCUT2D eigenvalue weighted by molar-refractivity contribution is -0.119. The molecule has 2 aromatic rings. The number of hydrogen-bond acceptors (Lipinski definition) is 3. The van der Waals surface area contributed by atoms with E-state index in [0.29, 0.717) is 5.75 Å². The molecule has 2 rings (SSSR count). The summed E-state index contributed by atoms with van der Waals surface area (Å²) in [5.74, 6) is 0.406. The van der Waals surface area contributed by atoms with Gasteiger partial charge in [-0.2, -0.15) is 0 Å². The molecule has 0 fully saturated rings. The number of aromatic nitrogens is 1. The molecule has 1 N–H and O–H groups in total. The van der Waals surface area contributed by atoms with Crippen LogP contribution < -0.4 is 5.32 Å². The molecule has 0 saturated carbocycles. The molecule has 0 radical (unpaired) electrons. The van der Waals surface area contributed by atoms with Crippen LogP contribution in [0.1, 0.15) is 29.7 Å². The van der Waals surface area contributed by atoms with E-state index in [0.717, 1.165) is 10.6 Å². The van der Waals surface area contributed by atoms with E-state index < -0.39 is 0 Å². The van der Waals surface area contributed by atoms with Crippen LogP contribution in [0.3, 0.4) is 0 Å². The normalized spacial score (nSPS) is 12.0. The van der Waals surface area contributed by atoms with Crippen molar-refractivity contribution in [2.45, 2.75) is 31.8 Å². The zero-order valence-electron chi connectivity index (χ0n) is 12.6. The number of aryl methyl sites for hydroxylation is 2. The van der Waals surface area contributed by atoms with Crippen molar-refractivity contribution in [2.75, 3.05) is 5.75 Å². The molecule has 0 spiro atoms. The van der Waals surface area contributed by atoms with E-state index in [1.807, 2.05) is 25.1 Å². The van der Waals surface area contributed by atoms with Crippen molar-refractivity contribution in [1.29, 1.82) is 0 Å². The van der Waals surface area contributed by atoms with Gasteiger partial charge in [-0.05, 0) is 49.6 Å². The van der Waals surface area contributed by atoms with Gasteiger partial charge >= 0.3 is 0 Å². The standard InChI is InChI=1S/C17H20N2OS/c1-12-7-8-15(10-13(12)2)14(3)19-16(20)11-21-17-6-4-5-9-18-17/h4-10,14H,11H2,1-3H3,(H,19,20). The quantitative estimate of drug-likeness (QED) is 0.857. The lowest BCUT2D eigenvalue weighted by atomic mass is 10.0. The molecule has 0 aliphatic carbocycles. The van der Waals surface area contributed by atoms with Crippen molar-refractivity contribution >= 4 is 17.7 Å². The number of hydrogen-bond donors (Lipinski definition) is 1. The second kappa shape index (κ2) is 7.27. The minimum absolute atomic E-state index is 0.0149. The van der Waals surface area contributed by atoms with Gasteiger partial charge in [0.2, 0.25) is 5.91 Å². The third-order valence-corrected chi connectivity index (χ3v) is 4.34. The molecule has 1 aromatic heterocycles. The zero-order chi connectivity index (χ0) is 15.2. The van der Waals surface area contributed by atoms with Crippen LogP contribution in [0.2, 0.25) is 0 Å². The Morgan fingerprint density at radius 2 is 2.05 bits per heavy atom. The summed E-state index contributed by atoms with van der Waals surface area (Å²) < 4.78 is 0. The molecule has 0 bridgehead atoms. The first-order valence-corrected chi connectivity index (χ1v) is 7.95. The smallest absolute Gasteiger partial charge is 0.230 e. The van der Waals surface area contributed by atoms with Gasteiger partial charge in [0.1, 0.15) is 0 Å². The Bertz CT molecular complexity index is 613. The van der Waals surface area contributed by atoms with Gasteiger partial charge in [0.25, 0.3) is 0 Å². The summed E-state index contributed by atoms with van der Waals surface area (Å²) in [5.41, 5.74) is 3.65. The maximum atomic E-state index is 12.0. The first kappa shape index (κ1) is 15.6. The second-order valence-corrected chi connectivity index (χ2v) is 6.09. The SMILES string of the molecule is Cc1ccc(C(C)NC(=O)CSc2ccccn2)cc1C. The van der Waals surface area contributed by atoms with Crippen molar-refractivity contribution in [3.8, 4) is 0 Å². The molecule has 1 amide bonds. The van der Waals surface area contributed by atoms with Crippen molar-refractivity contribution in [3.05, 3.63) is 59.3 Å². The number of pyridine rings is 1. The molecule has 1 atom stereocenters. The number of carbonyl (C=O) groups excluding carboxylic acids is 1.